The van der Waals surface area contributed by atoms with Crippen molar-refractivity contribution < 1.29 is 14.1 Å². The van der Waals surface area contributed by atoms with E-state index in [2.05, 4.69) is 10.5 Å². The monoisotopic (exact) mass is 252 g/mol. The van der Waals surface area contributed by atoms with Gasteiger partial charge in [0.1, 0.15) is 0 Å². The molecule has 0 saturated heterocycles. The first-order valence-corrected chi connectivity index (χ1v) is 5.15. The Kier molecular flexibility index (Phi) is 3.30. The fourth-order valence-electron chi connectivity index (χ4n) is 1.21. The van der Waals surface area contributed by atoms with E-state index in [0.717, 1.165) is 0 Å². The molecule has 88 valence electrons. The smallest absolute Gasteiger partial charge is 0.294 e. The predicted octanol–water partition coefficient (Wildman–Crippen LogP) is 2.59. The Morgan fingerprint density at radius 3 is 2.88 bits per heavy atom. The highest BCUT2D eigenvalue weighted by Crippen LogP contribution is 2.21. The van der Waals surface area contributed by atoms with Gasteiger partial charge in [0.15, 0.2) is 0 Å². The number of nitrogens with one attached hydrogen (secondary N) is 1. The second-order valence-electron chi connectivity index (χ2n) is 3.17. The molecule has 1 heterocycles. The standard InChI is InChI=1S/C11H9ClN2O3/c1-16-10-6-9(17-14-10)11(15)13-8-5-3-2-4-7(8)12/h2-6H,1H3,(H,13,15). The second kappa shape index (κ2) is 4.88. The summed E-state index contributed by atoms with van der Waals surface area (Å²) < 4.78 is 9.61. The van der Waals surface area contributed by atoms with Crippen molar-refractivity contribution in [2.75, 3.05) is 12.4 Å². The molecule has 0 unspecified atom stereocenters. The Morgan fingerprint density at radius 2 is 2.24 bits per heavy atom. The van der Waals surface area contributed by atoms with Crippen LogP contribution < -0.4 is 10.1 Å². The van der Waals surface area contributed by atoms with Crippen LogP contribution in [0.25, 0.3) is 0 Å². The van der Waals surface area contributed by atoms with Crippen LogP contribution in [0, 0.1) is 0 Å². The number of carbonyl (C=O) groups excluding carboxylic acids is 1. The molecule has 1 amide bonds. The van der Waals surface area contributed by atoms with E-state index in [1.165, 1.54) is 13.2 Å². The zero-order chi connectivity index (χ0) is 12.3. The molecule has 1 aromatic carbocycles. The van der Waals surface area contributed by atoms with Crippen LogP contribution in [0.2, 0.25) is 5.02 Å². The summed E-state index contributed by atoms with van der Waals surface area (Å²) in [6, 6.07) is 8.30. The average Bonchev–Trinajstić information content (AvgIpc) is 2.81. The first-order chi connectivity index (χ1) is 8.20. The molecule has 0 aliphatic rings. The molecular formula is C11H9ClN2O3. The zero-order valence-corrected chi connectivity index (χ0v) is 9.69. The van der Waals surface area contributed by atoms with E-state index in [0.29, 0.717) is 10.7 Å². The van der Waals surface area contributed by atoms with Gasteiger partial charge < -0.3 is 14.6 Å². The number of methoxy groups -OCH3 is 1. The van der Waals surface area contributed by atoms with Gasteiger partial charge in [-0.25, -0.2) is 0 Å². The van der Waals surface area contributed by atoms with Crippen LogP contribution in [0.3, 0.4) is 0 Å². The van der Waals surface area contributed by atoms with Gasteiger partial charge in [-0.3, -0.25) is 4.79 Å². The van der Waals surface area contributed by atoms with Gasteiger partial charge in [-0.2, -0.15) is 0 Å². The van der Waals surface area contributed by atoms with Crippen molar-refractivity contribution in [3.05, 3.63) is 41.1 Å². The highest BCUT2D eigenvalue weighted by Gasteiger charge is 2.14. The number of amides is 1. The second-order valence-corrected chi connectivity index (χ2v) is 3.57. The Hall–Kier alpha value is -2.01. The molecule has 0 aliphatic carbocycles. The third kappa shape index (κ3) is 2.57. The summed E-state index contributed by atoms with van der Waals surface area (Å²) >= 11 is 5.90. The van der Waals surface area contributed by atoms with Gasteiger partial charge in [0.05, 0.1) is 23.9 Å². The van der Waals surface area contributed by atoms with Crippen molar-refractivity contribution in [3.63, 3.8) is 0 Å². The highest BCUT2D eigenvalue weighted by atomic mass is 35.5. The van der Waals surface area contributed by atoms with Crippen LogP contribution in [-0.4, -0.2) is 18.2 Å². The van der Waals surface area contributed by atoms with Crippen molar-refractivity contribution in [1.29, 1.82) is 0 Å². The lowest BCUT2D eigenvalue weighted by molar-refractivity contribution is 0.0987. The molecule has 5 nitrogen and oxygen atoms in total. The number of nitrogens with zero attached hydrogens (tertiary/aromatic N) is 1. The lowest BCUT2D eigenvalue weighted by Crippen LogP contribution is -2.11. The quantitative estimate of drug-likeness (QED) is 0.912. The van der Waals surface area contributed by atoms with Gasteiger partial charge in [-0.15, -0.1) is 0 Å². The summed E-state index contributed by atoms with van der Waals surface area (Å²) in [5, 5.41) is 6.58. The average molecular weight is 253 g/mol. The summed E-state index contributed by atoms with van der Waals surface area (Å²) in [6.07, 6.45) is 0. The Balaban J connectivity index is 2.14. The molecule has 1 aromatic heterocycles. The minimum absolute atomic E-state index is 0.0572. The molecule has 2 rings (SSSR count). The van der Waals surface area contributed by atoms with Crippen molar-refractivity contribution in [3.8, 4) is 5.88 Å². The van der Waals surface area contributed by atoms with E-state index in [9.17, 15) is 4.79 Å². The minimum Gasteiger partial charge on any atom is -0.479 e. The lowest BCUT2D eigenvalue weighted by atomic mass is 10.3. The van der Waals surface area contributed by atoms with E-state index in [1.807, 2.05) is 0 Å². The number of para-hydroxylation sites is 1. The van der Waals surface area contributed by atoms with Crippen LogP contribution in [-0.2, 0) is 0 Å². The summed E-state index contributed by atoms with van der Waals surface area (Å²) in [7, 11) is 1.44. The van der Waals surface area contributed by atoms with Crippen molar-refractivity contribution >= 4 is 23.2 Å². The molecule has 0 saturated carbocycles. The van der Waals surface area contributed by atoms with Gasteiger partial charge in [0, 0.05) is 0 Å². The van der Waals surface area contributed by atoms with E-state index in [4.69, 9.17) is 20.9 Å². The fraction of sp³-hybridized carbons (Fsp3) is 0.0909. The maximum Gasteiger partial charge on any atom is 0.294 e. The van der Waals surface area contributed by atoms with Gasteiger partial charge in [-0.1, -0.05) is 23.7 Å². The van der Waals surface area contributed by atoms with Crippen LogP contribution in [0.4, 0.5) is 5.69 Å². The number of rotatable bonds is 3. The lowest BCUT2D eigenvalue weighted by Gasteiger charge is -2.03. The first kappa shape index (κ1) is 11.5. The molecule has 0 fully saturated rings. The SMILES string of the molecule is COc1cc(C(=O)Nc2ccccc2Cl)on1. The third-order valence-electron chi connectivity index (χ3n) is 2.04. The molecule has 0 aliphatic heterocycles. The van der Waals surface area contributed by atoms with Gasteiger partial charge >= 0.3 is 0 Å². The normalized spacial score (nSPS) is 10.0. The Bertz CT molecular complexity index is 539. The largest absolute Gasteiger partial charge is 0.479 e. The maximum absolute atomic E-state index is 11.7. The van der Waals surface area contributed by atoms with Gasteiger partial charge in [0.25, 0.3) is 11.8 Å². The molecule has 1 N–H and O–H groups in total. The van der Waals surface area contributed by atoms with Crippen LogP contribution >= 0.6 is 11.6 Å². The molecule has 6 heteroatoms. The van der Waals surface area contributed by atoms with Gasteiger partial charge in [-0.05, 0) is 17.3 Å². The topological polar surface area (TPSA) is 64.4 Å². The summed E-state index contributed by atoms with van der Waals surface area (Å²) in [6.45, 7) is 0. The molecule has 0 radical (unpaired) electrons. The molecule has 17 heavy (non-hydrogen) atoms. The molecule has 0 spiro atoms. The molecule has 0 bridgehead atoms. The number of carbonyl (C=O) groups is 1. The van der Waals surface area contributed by atoms with Crippen molar-refractivity contribution in [2.45, 2.75) is 0 Å². The van der Waals surface area contributed by atoms with E-state index in [-0.39, 0.29) is 11.6 Å². The maximum atomic E-state index is 11.7. The Labute approximate surface area is 102 Å². The summed E-state index contributed by atoms with van der Waals surface area (Å²) in [5.74, 6) is -0.134. The zero-order valence-electron chi connectivity index (χ0n) is 8.94. The minimum atomic E-state index is -0.436. The third-order valence-corrected chi connectivity index (χ3v) is 2.37. The molecule has 2 aromatic rings. The number of halogens is 1. The number of ether oxygens (including phenoxy) is 1. The number of aromatic nitrogens is 1. The Morgan fingerprint density at radius 1 is 1.47 bits per heavy atom. The van der Waals surface area contributed by atoms with Crippen molar-refractivity contribution in [2.24, 2.45) is 0 Å². The molecular weight excluding hydrogens is 244 g/mol. The summed E-state index contributed by atoms with van der Waals surface area (Å²) in [4.78, 5) is 11.7. The van der Waals surface area contributed by atoms with Gasteiger partial charge in [0.2, 0.25) is 5.76 Å². The number of hydrogen-bond acceptors (Lipinski definition) is 4. The highest BCUT2D eigenvalue weighted by molar-refractivity contribution is 6.33. The van der Waals surface area contributed by atoms with Crippen LogP contribution in [0.5, 0.6) is 5.88 Å². The number of anilines is 1. The first-order valence-electron chi connectivity index (χ1n) is 4.77. The van der Waals surface area contributed by atoms with E-state index < -0.39 is 5.91 Å². The van der Waals surface area contributed by atoms with Crippen LogP contribution in [0.1, 0.15) is 10.6 Å². The number of benzene rings is 1. The van der Waals surface area contributed by atoms with Crippen molar-refractivity contribution in [1.82, 2.24) is 5.16 Å². The predicted molar refractivity (Wildman–Crippen MR) is 62.5 cm³/mol. The molecule has 0 atom stereocenters. The number of hydrogen-bond donors (Lipinski definition) is 1. The van der Waals surface area contributed by atoms with E-state index >= 15 is 0 Å². The summed E-state index contributed by atoms with van der Waals surface area (Å²) in [5.41, 5.74) is 0.509. The van der Waals surface area contributed by atoms with Crippen LogP contribution in [0.15, 0.2) is 34.9 Å². The van der Waals surface area contributed by atoms with E-state index in [1.54, 1.807) is 24.3 Å². The fourth-order valence-corrected chi connectivity index (χ4v) is 1.39.